The standard InChI is InChI=1S/C28H22O5S2/c29-20-23-12-9-10-18-27(23)28(35(32,33)26-16-5-2-6-17-26)19-22-11-7-8-13-24(22)21-34(30,31)25-14-3-1-4-15-25/h1-20H,21H2/b28-19+. The molecule has 4 aromatic rings. The Morgan fingerprint density at radius 1 is 0.600 bits per heavy atom. The summed E-state index contributed by atoms with van der Waals surface area (Å²) in [4.78, 5) is 11.9. The molecule has 0 atom stereocenters. The number of rotatable bonds is 8. The van der Waals surface area contributed by atoms with E-state index in [0.717, 1.165) is 0 Å². The Balaban J connectivity index is 1.91. The molecule has 0 saturated heterocycles. The highest BCUT2D eigenvalue weighted by Crippen LogP contribution is 2.33. The summed E-state index contributed by atoms with van der Waals surface area (Å²) >= 11 is 0. The van der Waals surface area contributed by atoms with Crippen molar-refractivity contribution in [3.05, 3.63) is 131 Å². The van der Waals surface area contributed by atoms with Crippen LogP contribution in [0.2, 0.25) is 0 Å². The molecule has 0 aliphatic carbocycles. The number of carbonyl (C=O) groups excluding carboxylic acids is 1. The summed E-state index contributed by atoms with van der Waals surface area (Å²) in [6.45, 7) is 0. The van der Waals surface area contributed by atoms with E-state index in [1.807, 2.05) is 0 Å². The van der Waals surface area contributed by atoms with Crippen LogP contribution in [0.3, 0.4) is 0 Å². The van der Waals surface area contributed by atoms with Crippen LogP contribution < -0.4 is 0 Å². The SMILES string of the molecule is O=Cc1ccccc1/C(=C\c1ccccc1CS(=O)(=O)c1ccccc1)S(=O)(=O)c1ccccc1. The Labute approximate surface area is 205 Å². The molecule has 0 fully saturated rings. The molecule has 4 rings (SSSR count). The van der Waals surface area contributed by atoms with E-state index in [0.29, 0.717) is 17.4 Å². The molecule has 0 heterocycles. The average Bonchev–Trinajstić information content (AvgIpc) is 2.89. The number of benzene rings is 4. The molecule has 4 aromatic carbocycles. The number of hydrogen-bond donors (Lipinski definition) is 0. The molecule has 35 heavy (non-hydrogen) atoms. The summed E-state index contributed by atoms with van der Waals surface area (Å²) in [6, 6.07) is 29.2. The quantitative estimate of drug-likeness (QED) is 0.236. The van der Waals surface area contributed by atoms with Gasteiger partial charge in [-0.2, -0.15) is 0 Å². The van der Waals surface area contributed by atoms with Gasteiger partial charge in [-0.3, -0.25) is 4.79 Å². The summed E-state index contributed by atoms with van der Waals surface area (Å²) in [5.74, 6) is -0.308. The average molecular weight is 503 g/mol. The van der Waals surface area contributed by atoms with Gasteiger partial charge >= 0.3 is 0 Å². The van der Waals surface area contributed by atoms with Crippen LogP contribution in [0, 0.1) is 0 Å². The number of aldehydes is 1. The van der Waals surface area contributed by atoms with Crippen LogP contribution in [-0.4, -0.2) is 23.1 Å². The minimum absolute atomic E-state index is 0.0707. The molecule has 0 saturated carbocycles. The molecule has 0 unspecified atom stereocenters. The van der Waals surface area contributed by atoms with Crippen molar-refractivity contribution in [3.63, 3.8) is 0 Å². The Morgan fingerprint density at radius 2 is 1.11 bits per heavy atom. The van der Waals surface area contributed by atoms with Crippen molar-refractivity contribution in [2.75, 3.05) is 0 Å². The van der Waals surface area contributed by atoms with Crippen LogP contribution >= 0.6 is 0 Å². The van der Waals surface area contributed by atoms with Gasteiger partial charge < -0.3 is 0 Å². The molecule has 0 aromatic heterocycles. The van der Waals surface area contributed by atoms with E-state index in [9.17, 15) is 21.6 Å². The smallest absolute Gasteiger partial charge is 0.207 e. The van der Waals surface area contributed by atoms with Gasteiger partial charge in [-0.15, -0.1) is 0 Å². The fraction of sp³-hybridized carbons (Fsp3) is 0.0357. The normalized spacial score (nSPS) is 12.3. The fourth-order valence-electron chi connectivity index (χ4n) is 3.71. The van der Waals surface area contributed by atoms with Crippen molar-refractivity contribution in [2.45, 2.75) is 15.5 Å². The van der Waals surface area contributed by atoms with Crippen molar-refractivity contribution < 1.29 is 21.6 Å². The van der Waals surface area contributed by atoms with Gasteiger partial charge in [0.25, 0.3) is 0 Å². The maximum atomic E-state index is 13.7. The second-order valence-corrected chi connectivity index (χ2v) is 11.7. The summed E-state index contributed by atoms with van der Waals surface area (Å²) in [7, 11) is -7.72. The van der Waals surface area contributed by atoms with Gasteiger partial charge in [0.15, 0.2) is 16.1 Å². The van der Waals surface area contributed by atoms with Crippen LogP contribution in [0.4, 0.5) is 0 Å². The fourth-order valence-corrected chi connectivity index (χ4v) is 6.65. The Kier molecular flexibility index (Phi) is 7.10. The molecular weight excluding hydrogens is 480 g/mol. The minimum atomic E-state index is -4.04. The number of hydrogen-bond acceptors (Lipinski definition) is 5. The van der Waals surface area contributed by atoms with E-state index in [1.165, 1.54) is 30.3 Å². The molecular formula is C28H22O5S2. The first-order valence-corrected chi connectivity index (χ1v) is 13.9. The van der Waals surface area contributed by atoms with E-state index in [1.54, 1.807) is 84.9 Å². The summed E-state index contributed by atoms with van der Waals surface area (Å²) in [6.07, 6.45) is 2.05. The van der Waals surface area contributed by atoms with Gasteiger partial charge in [-0.25, -0.2) is 16.8 Å². The van der Waals surface area contributed by atoms with Crippen LogP contribution in [0.15, 0.2) is 119 Å². The van der Waals surface area contributed by atoms with Gasteiger partial charge in [0.2, 0.25) is 9.84 Å². The van der Waals surface area contributed by atoms with E-state index in [2.05, 4.69) is 0 Å². The van der Waals surface area contributed by atoms with Gasteiger partial charge in [-0.1, -0.05) is 84.9 Å². The molecule has 0 amide bonds. The number of sulfone groups is 2. The molecule has 7 heteroatoms. The highest BCUT2D eigenvalue weighted by atomic mass is 32.2. The molecule has 0 radical (unpaired) electrons. The lowest BCUT2D eigenvalue weighted by atomic mass is 10.0. The highest BCUT2D eigenvalue weighted by molar-refractivity contribution is 8.00. The van der Waals surface area contributed by atoms with Gasteiger partial charge in [0.05, 0.1) is 20.4 Å². The van der Waals surface area contributed by atoms with E-state index < -0.39 is 19.7 Å². The van der Waals surface area contributed by atoms with Gasteiger partial charge in [0.1, 0.15) is 0 Å². The first-order chi connectivity index (χ1) is 16.8. The summed E-state index contributed by atoms with van der Waals surface area (Å²) in [5, 5.41) is 0. The molecule has 0 spiro atoms. The molecule has 0 aliphatic heterocycles. The van der Waals surface area contributed by atoms with Crippen molar-refractivity contribution in [2.24, 2.45) is 0 Å². The third-order valence-corrected chi connectivity index (χ3v) is 8.98. The lowest BCUT2D eigenvalue weighted by Crippen LogP contribution is -2.08. The molecule has 0 bridgehead atoms. The topological polar surface area (TPSA) is 85.3 Å². The monoisotopic (exact) mass is 502 g/mol. The van der Waals surface area contributed by atoms with Crippen molar-refractivity contribution in [3.8, 4) is 0 Å². The lowest BCUT2D eigenvalue weighted by molar-refractivity contribution is 0.112. The maximum absolute atomic E-state index is 13.7. The first-order valence-electron chi connectivity index (χ1n) is 10.7. The highest BCUT2D eigenvalue weighted by Gasteiger charge is 2.25. The number of carbonyl (C=O) groups is 1. The molecule has 0 aliphatic rings. The van der Waals surface area contributed by atoms with Crippen molar-refractivity contribution in [1.82, 2.24) is 0 Å². The second kappa shape index (κ2) is 10.2. The predicted octanol–water partition coefficient (Wildman–Crippen LogP) is 5.45. The maximum Gasteiger partial charge on any atom is 0.207 e. The zero-order valence-electron chi connectivity index (χ0n) is 18.6. The Morgan fingerprint density at radius 3 is 1.74 bits per heavy atom. The third-order valence-electron chi connectivity index (χ3n) is 5.49. The van der Waals surface area contributed by atoms with E-state index in [4.69, 9.17) is 0 Å². The van der Waals surface area contributed by atoms with Gasteiger partial charge in [-0.05, 0) is 41.5 Å². The first kappa shape index (κ1) is 24.3. The second-order valence-electron chi connectivity index (χ2n) is 7.80. The van der Waals surface area contributed by atoms with Crippen molar-refractivity contribution >= 4 is 36.9 Å². The van der Waals surface area contributed by atoms with Crippen LogP contribution in [0.1, 0.15) is 27.0 Å². The predicted molar refractivity (Wildman–Crippen MR) is 137 cm³/mol. The van der Waals surface area contributed by atoms with Crippen LogP contribution in [-0.2, 0) is 25.4 Å². The minimum Gasteiger partial charge on any atom is -0.298 e. The molecule has 5 nitrogen and oxygen atoms in total. The van der Waals surface area contributed by atoms with Crippen LogP contribution in [0.25, 0.3) is 11.0 Å². The largest absolute Gasteiger partial charge is 0.298 e. The summed E-state index contributed by atoms with van der Waals surface area (Å²) in [5.41, 5.74) is 1.34. The van der Waals surface area contributed by atoms with E-state index >= 15 is 0 Å². The molecule has 176 valence electrons. The lowest BCUT2D eigenvalue weighted by Gasteiger charge is -2.14. The van der Waals surface area contributed by atoms with Gasteiger partial charge in [0, 0.05) is 11.1 Å². The molecule has 0 N–H and O–H groups in total. The zero-order chi connectivity index (χ0) is 24.9. The Hall–Kier alpha value is -3.81. The van der Waals surface area contributed by atoms with E-state index in [-0.39, 0.29) is 31.6 Å². The van der Waals surface area contributed by atoms with Crippen molar-refractivity contribution in [1.29, 1.82) is 0 Å². The zero-order valence-corrected chi connectivity index (χ0v) is 20.2. The van der Waals surface area contributed by atoms with Crippen LogP contribution in [0.5, 0.6) is 0 Å². The Bertz CT molecular complexity index is 1590. The third kappa shape index (κ3) is 5.31. The summed E-state index contributed by atoms with van der Waals surface area (Å²) < 4.78 is 53.5.